The van der Waals surface area contributed by atoms with Gasteiger partial charge in [-0.1, -0.05) is 10.6 Å². The molecule has 0 aliphatic carbocycles. The second-order valence-electron chi connectivity index (χ2n) is 6.79. The molecule has 0 bridgehead atoms. The molecule has 0 amide bonds. The summed E-state index contributed by atoms with van der Waals surface area (Å²) in [5, 5.41) is 4.13. The van der Waals surface area contributed by atoms with Crippen LogP contribution in [0.1, 0.15) is 30.0 Å². The summed E-state index contributed by atoms with van der Waals surface area (Å²) in [5.74, 6) is 1.88. The van der Waals surface area contributed by atoms with Crippen LogP contribution in [0.4, 0.5) is 0 Å². The second-order valence-corrected chi connectivity index (χ2v) is 9.75. The molecule has 0 unspecified atom stereocenters. The summed E-state index contributed by atoms with van der Waals surface area (Å²) in [6.07, 6.45) is 3.06. The van der Waals surface area contributed by atoms with E-state index in [2.05, 4.69) is 14.5 Å². The second kappa shape index (κ2) is 8.62. The highest BCUT2D eigenvalue weighted by molar-refractivity contribution is 7.92. The molecule has 1 aliphatic rings. The van der Waals surface area contributed by atoms with Crippen LogP contribution in [0.5, 0.6) is 17.2 Å². The van der Waals surface area contributed by atoms with Crippen LogP contribution >= 0.6 is 11.5 Å². The third-order valence-corrected chi connectivity index (χ3v) is 7.44. The minimum absolute atomic E-state index is 0.0448. The lowest BCUT2D eigenvalue weighted by Crippen LogP contribution is -2.34. The number of benzene rings is 1. The summed E-state index contributed by atoms with van der Waals surface area (Å²) in [5.41, 5.74) is 1.58. The molecule has 0 radical (unpaired) electrons. The number of nitrogens with zero attached hydrogens (tertiary/aromatic N) is 3. The molecular weight excluding hydrogens is 402 g/mol. The number of hydrogen-bond donors (Lipinski definition) is 0. The van der Waals surface area contributed by atoms with E-state index < -0.39 is 9.84 Å². The fourth-order valence-corrected chi connectivity index (χ4v) is 5.38. The van der Waals surface area contributed by atoms with Crippen LogP contribution in [0.25, 0.3) is 0 Å². The van der Waals surface area contributed by atoms with Crippen molar-refractivity contribution >= 4 is 21.4 Å². The first kappa shape index (κ1) is 20.8. The molecule has 154 valence electrons. The Morgan fingerprint density at radius 1 is 1.18 bits per heavy atom. The van der Waals surface area contributed by atoms with Gasteiger partial charge >= 0.3 is 0 Å². The fourth-order valence-electron chi connectivity index (χ4n) is 3.65. The van der Waals surface area contributed by atoms with Crippen LogP contribution in [-0.2, 0) is 16.4 Å². The van der Waals surface area contributed by atoms with Crippen molar-refractivity contribution in [2.45, 2.75) is 29.5 Å². The molecule has 1 fully saturated rings. The van der Waals surface area contributed by atoms with Crippen LogP contribution in [0.15, 0.2) is 16.3 Å². The minimum atomic E-state index is -3.32. The molecule has 10 heteroatoms. The predicted molar refractivity (Wildman–Crippen MR) is 106 cm³/mol. The molecule has 3 rings (SSSR count). The molecule has 0 saturated carbocycles. The molecule has 0 spiro atoms. The summed E-state index contributed by atoms with van der Waals surface area (Å²) >= 11 is 0.952. The highest BCUT2D eigenvalue weighted by atomic mass is 32.2. The van der Waals surface area contributed by atoms with Crippen molar-refractivity contribution in [2.75, 3.05) is 40.7 Å². The Morgan fingerprint density at radius 2 is 1.93 bits per heavy atom. The van der Waals surface area contributed by atoms with E-state index in [-0.39, 0.29) is 10.1 Å². The van der Waals surface area contributed by atoms with Crippen LogP contribution in [0, 0.1) is 0 Å². The third-order valence-electron chi connectivity index (χ3n) is 4.89. The zero-order valence-corrected chi connectivity index (χ0v) is 18.1. The van der Waals surface area contributed by atoms with Gasteiger partial charge in [-0.3, -0.25) is 4.90 Å². The topological polar surface area (TPSA) is 90.9 Å². The van der Waals surface area contributed by atoms with Gasteiger partial charge in [0.2, 0.25) is 5.75 Å². The molecule has 0 N–H and O–H groups in total. The molecular formula is C18H25N3O5S2. The maximum absolute atomic E-state index is 12.0. The van der Waals surface area contributed by atoms with Gasteiger partial charge in [-0.25, -0.2) is 8.42 Å². The molecule has 8 nitrogen and oxygen atoms in total. The number of methoxy groups -OCH3 is 3. The van der Waals surface area contributed by atoms with Crippen molar-refractivity contribution in [3.63, 3.8) is 0 Å². The lowest BCUT2D eigenvalue weighted by Gasteiger charge is -2.32. The first-order chi connectivity index (χ1) is 13.4. The Balaban J connectivity index is 1.82. The van der Waals surface area contributed by atoms with Gasteiger partial charge in [0, 0.05) is 42.4 Å². The monoisotopic (exact) mass is 427 g/mol. The molecule has 28 heavy (non-hydrogen) atoms. The van der Waals surface area contributed by atoms with Gasteiger partial charge in [0.25, 0.3) is 0 Å². The molecule has 2 aromatic rings. The van der Waals surface area contributed by atoms with Crippen molar-refractivity contribution < 1.29 is 22.6 Å². The average molecular weight is 428 g/mol. The average Bonchev–Trinajstić information content (AvgIpc) is 3.18. The largest absolute Gasteiger partial charge is 0.493 e. The normalized spacial score (nSPS) is 18.1. The number of hydrogen-bond acceptors (Lipinski definition) is 9. The van der Waals surface area contributed by atoms with Gasteiger partial charge in [-0.15, -0.1) is 5.10 Å². The third kappa shape index (κ3) is 4.23. The van der Waals surface area contributed by atoms with E-state index in [4.69, 9.17) is 14.2 Å². The van der Waals surface area contributed by atoms with E-state index in [1.807, 2.05) is 12.1 Å². The zero-order chi connectivity index (χ0) is 20.3. The SMILES string of the molecule is COc1ccc(CN2CCC[C@H](c3nnsc3S(C)(=O)=O)C2)c(OC)c1OC. The predicted octanol–water partition coefficient (Wildman–Crippen LogP) is 2.35. The highest BCUT2D eigenvalue weighted by Crippen LogP contribution is 2.41. The van der Waals surface area contributed by atoms with Crippen molar-refractivity contribution in [2.24, 2.45) is 0 Å². The molecule has 2 heterocycles. The van der Waals surface area contributed by atoms with Crippen molar-refractivity contribution in [1.82, 2.24) is 14.5 Å². The van der Waals surface area contributed by atoms with Gasteiger partial charge in [0.1, 0.15) is 0 Å². The number of aromatic nitrogens is 2. The van der Waals surface area contributed by atoms with Crippen molar-refractivity contribution in [3.8, 4) is 17.2 Å². The number of sulfone groups is 1. The van der Waals surface area contributed by atoms with Crippen molar-refractivity contribution in [1.29, 1.82) is 0 Å². The maximum atomic E-state index is 12.0. The quantitative estimate of drug-likeness (QED) is 0.665. The van der Waals surface area contributed by atoms with E-state index in [1.165, 1.54) is 6.26 Å². The van der Waals surface area contributed by atoms with Crippen molar-refractivity contribution in [3.05, 3.63) is 23.4 Å². The molecule has 1 aliphatic heterocycles. The summed E-state index contributed by atoms with van der Waals surface area (Å²) in [7, 11) is 1.47. The Bertz CT molecular complexity index is 929. The van der Waals surface area contributed by atoms with Crippen LogP contribution in [-0.4, -0.2) is 63.6 Å². The van der Waals surface area contributed by atoms with E-state index in [0.29, 0.717) is 36.0 Å². The Morgan fingerprint density at radius 3 is 2.57 bits per heavy atom. The minimum Gasteiger partial charge on any atom is -0.493 e. The van der Waals surface area contributed by atoms with Crippen LogP contribution in [0.2, 0.25) is 0 Å². The van der Waals surface area contributed by atoms with E-state index >= 15 is 0 Å². The van der Waals surface area contributed by atoms with Crippen LogP contribution < -0.4 is 14.2 Å². The molecule has 1 aromatic carbocycles. The van der Waals surface area contributed by atoms with Gasteiger partial charge in [0.05, 0.1) is 27.0 Å². The summed E-state index contributed by atoms with van der Waals surface area (Å²) in [6.45, 7) is 2.29. The maximum Gasteiger partial charge on any atom is 0.203 e. The van der Waals surface area contributed by atoms with Crippen LogP contribution in [0.3, 0.4) is 0 Å². The Labute approximate surface area is 169 Å². The van der Waals surface area contributed by atoms with Gasteiger partial charge in [0.15, 0.2) is 25.5 Å². The lowest BCUT2D eigenvalue weighted by molar-refractivity contribution is 0.194. The first-order valence-corrected chi connectivity index (χ1v) is 11.6. The van der Waals surface area contributed by atoms with Gasteiger partial charge in [-0.05, 0) is 25.5 Å². The van der Waals surface area contributed by atoms with Gasteiger partial charge < -0.3 is 14.2 Å². The van der Waals surface area contributed by atoms with Gasteiger partial charge in [-0.2, -0.15) is 0 Å². The zero-order valence-electron chi connectivity index (χ0n) is 16.5. The lowest BCUT2D eigenvalue weighted by atomic mass is 9.95. The smallest absolute Gasteiger partial charge is 0.203 e. The summed E-state index contributed by atoms with van der Waals surface area (Å²) in [6, 6.07) is 3.83. The first-order valence-electron chi connectivity index (χ1n) is 8.91. The standard InChI is InChI=1S/C18H25N3O5S2/c1-24-14-8-7-13(16(25-2)17(14)26-3)11-21-9-5-6-12(10-21)15-18(27-20-19-15)28(4,22)23/h7-8,12H,5-6,9-11H2,1-4H3/t12-/m0/s1. The van der Waals surface area contributed by atoms with E-state index in [1.54, 1.807) is 21.3 Å². The molecule has 1 saturated heterocycles. The van der Waals surface area contributed by atoms with E-state index in [9.17, 15) is 8.42 Å². The number of rotatable bonds is 7. The number of piperidine rings is 1. The van der Waals surface area contributed by atoms with E-state index in [0.717, 1.165) is 36.5 Å². The number of ether oxygens (including phenoxy) is 3. The molecule has 1 atom stereocenters. The fraction of sp³-hybridized carbons (Fsp3) is 0.556. The summed E-state index contributed by atoms with van der Waals surface area (Å²) < 4.78 is 44.6. The summed E-state index contributed by atoms with van der Waals surface area (Å²) in [4.78, 5) is 2.28. The Kier molecular flexibility index (Phi) is 6.41. The number of likely N-dealkylation sites (tertiary alicyclic amines) is 1. The Hall–Kier alpha value is -1.91. The molecule has 1 aromatic heterocycles. The highest BCUT2D eigenvalue weighted by Gasteiger charge is 2.30.